The van der Waals surface area contributed by atoms with E-state index in [9.17, 15) is 0 Å². The number of halogens is 1. The molecule has 19 heavy (non-hydrogen) atoms. The molecule has 1 aromatic heterocycles. The summed E-state index contributed by atoms with van der Waals surface area (Å²) >= 11 is 6.10. The highest BCUT2D eigenvalue weighted by Crippen LogP contribution is 2.31. The van der Waals surface area contributed by atoms with Gasteiger partial charge in [-0.25, -0.2) is 0 Å². The van der Waals surface area contributed by atoms with Crippen molar-refractivity contribution in [2.75, 3.05) is 12.4 Å². The van der Waals surface area contributed by atoms with Crippen molar-refractivity contribution in [3.8, 4) is 5.75 Å². The Kier molecular flexibility index (Phi) is 4.38. The lowest BCUT2D eigenvalue weighted by Crippen LogP contribution is -2.07. The molecule has 0 saturated carbocycles. The SMILES string of the molecule is CCn1cccc1CNc1cc(C)c(Cl)cc1OC. The molecule has 2 rings (SSSR count). The minimum absolute atomic E-state index is 0.722. The number of aryl methyl sites for hydroxylation is 2. The second-order valence-electron chi connectivity index (χ2n) is 4.44. The van der Waals surface area contributed by atoms with E-state index in [4.69, 9.17) is 16.3 Å². The average molecular weight is 279 g/mol. The minimum Gasteiger partial charge on any atom is -0.495 e. The summed E-state index contributed by atoms with van der Waals surface area (Å²) in [7, 11) is 1.65. The smallest absolute Gasteiger partial charge is 0.143 e. The number of nitrogens with one attached hydrogen (secondary N) is 1. The lowest BCUT2D eigenvalue weighted by molar-refractivity contribution is 0.416. The summed E-state index contributed by atoms with van der Waals surface area (Å²) in [4.78, 5) is 0. The quantitative estimate of drug-likeness (QED) is 0.891. The number of hydrogen-bond acceptors (Lipinski definition) is 2. The molecule has 1 N–H and O–H groups in total. The molecule has 0 radical (unpaired) electrons. The van der Waals surface area contributed by atoms with Crippen LogP contribution in [0.25, 0.3) is 0 Å². The molecular formula is C15H19ClN2O. The van der Waals surface area contributed by atoms with Crippen molar-refractivity contribution in [1.29, 1.82) is 0 Å². The Morgan fingerprint density at radius 3 is 2.84 bits per heavy atom. The Morgan fingerprint density at radius 1 is 1.37 bits per heavy atom. The van der Waals surface area contributed by atoms with E-state index in [1.165, 1.54) is 5.69 Å². The van der Waals surface area contributed by atoms with E-state index in [1.54, 1.807) is 7.11 Å². The van der Waals surface area contributed by atoms with Crippen molar-refractivity contribution in [1.82, 2.24) is 4.57 Å². The second-order valence-corrected chi connectivity index (χ2v) is 4.85. The highest BCUT2D eigenvalue weighted by molar-refractivity contribution is 6.31. The molecule has 2 aromatic rings. The summed E-state index contributed by atoms with van der Waals surface area (Å²) in [5, 5.41) is 4.13. The molecule has 0 aliphatic heterocycles. The lowest BCUT2D eigenvalue weighted by atomic mass is 10.2. The highest BCUT2D eigenvalue weighted by Gasteiger charge is 2.07. The van der Waals surface area contributed by atoms with Crippen LogP contribution in [0.4, 0.5) is 5.69 Å². The maximum atomic E-state index is 6.10. The van der Waals surface area contributed by atoms with Gasteiger partial charge in [0.25, 0.3) is 0 Å². The van der Waals surface area contributed by atoms with E-state index >= 15 is 0 Å². The summed E-state index contributed by atoms with van der Waals surface area (Å²) in [5.74, 6) is 0.769. The number of methoxy groups -OCH3 is 1. The molecule has 0 spiro atoms. The van der Waals surface area contributed by atoms with Gasteiger partial charge < -0.3 is 14.6 Å². The largest absolute Gasteiger partial charge is 0.495 e. The van der Waals surface area contributed by atoms with Crippen molar-refractivity contribution in [2.45, 2.75) is 26.9 Å². The first-order valence-corrected chi connectivity index (χ1v) is 6.75. The van der Waals surface area contributed by atoms with Crippen LogP contribution in [0.15, 0.2) is 30.5 Å². The Morgan fingerprint density at radius 2 is 2.16 bits per heavy atom. The Balaban J connectivity index is 2.17. The predicted molar refractivity (Wildman–Crippen MR) is 80.2 cm³/mol. The molecule has 0 saturated heterocycles. The van der Waals surface area contributed by atoms with Crippen LogP contribution in [0.5, 0.6) is 5.75 Å². The molecule has 102 valence electrons. The maximum Gasteiger partial charge on any atom is 0.143 e. The molecule has 1 heterocycles. The molecule has 0 fully saturated rings. The lowest BCUT2D eigenvalue weighted by Gasteiger charge is -2.14. The van der Waals surface area contributed by atoms with Gasteiger partial charge in [-0.05, 0) is 37.6 Å². The first kappa shape index (κ1) is 13.8. The number of hydrogen-bond donors (Lipinski definition) is 1. The fraction of sp³-hybridized carbons (Fsp3) is 0.333. The van der Waals surface area contributed by atoms with Gasteiger partial charge in [0.15, 0.2) is 0 Å². The number of benzene rings is 1. The van der Waals surface area contributed by atoms with Gasteiger partial charge in [-0.15, -0.1) is 0 Å². The number of ether oxygens (including phenoxy) is 1. The number of aromatic nitrogens is 1. The number of rotatable bonds is 5. The van der Waals surface area contributed by atoms with Gasteiger partial charge >= 0.3 is 0 Å². The van der Waals surface area contributed by atoms with E-state index in [-0.39, 0.29) is 0 Å². The second kappa shape index (κ2) is 6.02. The normalized spacial score (nSPS) is 10.5. The molecule has 0 aliphatic carbocycles. The van der Waals surface area contributed by atoms with Gasteiger partial charge in [0.1, 0.15) is 5.75 Å². The zero-order chi connectivity index (χ0) is 13.8. The van der Waals surface area contributed by atoms with Crippen LogP contribution >= 0.6 is 11.6 Å². The summed E-state index contributed by atoms with van der Waals surface area (Å²) < 4.78 is 7.56. The first-order valence-electron chi connectivity index (χ1n) is 6.37. The first-order chi connectivity index (χ1) is 9.15. The topological polar surface area (TPSA) is 26.2 Å². The van der Waals surface area contributed by atoms with Gasteiger partial charge in [-0.3, -0.25) is 0 Å². The van der Waals surface area contributed by atoms with Crippen LogP contribution in [-0.4, -0.2) is 11.7 Å². The van der Waals surface area contributed by atoms with Gasteiger partial charge in [0.05, 0.1) is 19.3 Å². The molecule has 1 aromatic carbocycles. The Hall–Kier alpha value is -1.61. The molecule has 0 unspecified atom stereocenters. The van der Waals surface area contributed by atoms with E-state index in [0.29, 0.717) is 0 Å². The third kappa shape index (κ3) is 3.04. The molecule has 0 bridgehead atoms. The maximum absolute atomic E-state index is 6.10. The molecule has 3 nitrogen and oxygen atoms in total. The van der Waals surface area contributed by atoms with Crippen LogP contribution in [0.2, 0.25) is 5.02 Å². The van der Waals surface area contributed by atoms with Crippen LogP contribution in [-0.2, 0) is 13.1 Å². The van der Waals surface area contributed by atoms with Gasteiger partial charge in [0.2, 0.25) is 0 Å². The molecule has 0 atom stereocenters. The van der Waals surface area contributed by atoms with Gasteiger partial charge in [-0.2, -0.15) is 0 Å². The number of anilines is 1. The van der Waals surface area contributed by atoms with Crippen LogP contribution in [0, 0.1) is 6.92 Å². The zero-order valence-corrected chi connectivity index (χ0v) is 12.3. The summed E-state index contributed by atoms with van der Waals surface area (Å²) in [6.07, 6.45) is 2.08. The van der Waals surface area contributed by atoms with Crippen molar-refractivity contribution in [3.63, 3.8) is 0 Å². The Bertz CT molecular complexity index is 563. The third-order valence-electron chi connectivity index (χ3n) is 3.20. The zero-order valence-electron chi connectivity index (χ0n) is 11.5. The fourth-order valence-corrected chi connectivity index (χ4v) is 2.23. The van der Waals surface area contributed by atoms with Gasteiger partial charge in [-0.1, -0.05) is 11.6 Å². The van der Waals surface area contributed by atoms with E-state index < -0.39 is 0 Å². The standard InChI is InChI=1S/C15H19ClN2O/c1-4-18-7-5-6-12(18)10-17-14-8-11(2)13(16)9-15(14)19-3/h5-9,17H,4,10H2,1-3H3. The Labute approximate surface area is 119 Å². The van der Waals surface area contributed by atoms with Crippen molar-refractivity contribution >= 4 is 17.3 Å². The highest BCUT2D eigenvalue weighted by atomic mass is 35.5. The molecular weight excluding hydrogens is 260 g/mol. The average Bonchev–Trinajstić information content (AvgIpc) is 2.87. The number of nitrogens with zero attached hydrogens (tertiary/aromatic N) is 1. The third-order valence-corrected chi connectivity index (χ3v) is 3.61. The monoisotopic (exact) mass is 278 g/mol. The predicted octanol–water partition coefficient (Wildman–Crippen LogP) is 4.09. The summed E-state index contributed by atoms with van der Waals surface area (Å²) in [6.45, 7) is 5.86. The molecule has 0 aliphatic rings. The van der Waals surface area contributed by atoms with Crippen LogP contribution in [0.3, 0.4) is 0 Å². The van der Waals surface area contributed by atoms with Crippen LogP contribution in [0.1, 0.15) is 18.2 Å². The van der Waals surface area contributed by atoms with Crippen LogP contribution < -0.4 is 10.1 Å². The minimum atomic E-state index is 0.722. The molecule has 4 heteroatoms. The molecule has 0 amide bonds. The van der Waals surface area contributed by atoms with E-state index in [0.717, 1.165) is 35.1 Å². The van der Waals surface area contributed by atoms with Crippen molar-refractivity contribution in [3.05, 3.63) is 46.7 Å². The van der Waals surface area contributed by atoms with E-state index in [2.05, 4.69) is 35.1 Å². The fourth-order valence-electron chi connectivity index (χ4n) is 2.07. The summed E-state index contributed by atoms with van der Waals surface area (Å²) in [5.41, 5.74) is 3.25. The van der Waals surface area contributed by atoms with Crippen molar-refractivity contribution < 1.29 is 4.74 Å². The summed E-state index contributed by atoms with van der Waals surface area (Å²) in [6, 6.07) is 8.04. The van der Waals surface area contributed by atoms with Crippen molar-refractivity contribution in [2.24, 2.45) is 0 Å². The van der Waals surface area contributed by atoms with E-state index in [1.807, 2.05) is 19.1 Å². The van der Waals surface area contributed by atoms with Gasteiger partial charge in [0, 0.05) is 29.5 Å².